The molecular formula is C13H22OSi. The molecule has 0 saturated heterocycles. The molecule has 0 saturated carbocycles. The molecule has 0 aliphatic rings. The van der Waals surface area contributed by atoms with Gasteiger partial charge in [-0.15, -0.1) is 0 Å². The maximum Gasteiger partial charge on any atom is 0.0497 e. The zero-order chi connectivity index (χ0) is 11.5. The first-order chi connectivity index (χ1) is 6.94. The van der Waals surface area contributed by atoms with Crippen LogP contribution < -0.4 is 0 Å². The van der Waals surface area contributed by atoms with Crippen LogP contribution in [0.5, 0.6) is 0 Å². The molecule has 1 unspecified atom stereocenters. The van der Waals surface area contributed by atoms with Crippen LogP contribution in [0.3, 0.4) is 0 Å². The highest BCUT2D eigenvalue weighted by atomic mass is 28.3. The average molecular weight is 222 g/mol. The number of hydrogen-bond donors (Lipinski definition) is 1. The van der Waals surface area contributed by atoms with E-state index in [1.54, 1.807) is 0 Å². The van der Waals surface area contributed by atoms with Gasteiger partial charge in [0, 0.05) is 20.6 Å². The van der Waals surface area contributed by atoms with E-state index < -0.39 is 8.07 Å². The lowest BCUT2D eigenvalue weighted by Crippen LogP contribution is -2.24. The molecule has 84 valence electrons. The Bertz CT molecular complexity index is 315. The third-order valence-corrected chi connectivity index (χ3v) is 4.42. The van der Waals surface area contributed by atoms with Crippen molar-refractivity contribution >= 4 is 8.07 Å². The van der Waals surface area contributed by atoms with Crippen molar-refractivity contribution in [2.45, 2.75) is 38.5 Å². The summed E-state index contributed by atoms with van der Waals surface area (Å²) in [6, 6.07) is 9.56. The van der Waals surface area contributed by atoms with E-state index in [-0.39, 0.29) is 6.61 Å². The molecule has 0 spiro atoms. The van der Waals surface area contributed by atoms with Gasteiger partial charge < -0.3 is 5.11 Å². The number of aryl methyl sites for hydroxylation is 1. The standard InChI is InChI=1S/C13H22OSi/c1-11-7-5-6-8-13(11)12(9-14)10-15(2,3)4/h5-8,12,14H,9-10H2,1-4H3. The Kier molecular flexibility index (Phi) is 4.11. The fourth-order valence-corrected chi connectivity index (χ4v) is 3.88. The lowest BCUT2D eigenvalue weighted by atomic mass is 9.97. The van der Waals surface area contributed by atoms with Crippen molar-refractivity contribution in [3.05, 3.63) is 35.4 Å². The summed E-state index contributed by atoms with van der Waals surface area (Å²) < 4.78 is 0. The minimum atomic E-state index is -1.11. The topological polar surface area (TPSA) is 20.2 Å². The molecule has 0 radical (unpaired) electrons. The van der Waals surface area contributed by atoms with Crippen LogP contribution in [0.25, 0.3) is 0 Å². The molecular weight excluding hydrogens is 200 g/mol. The molecule has 0 aliphatic heterocycles. The van der Waals surface area contributed by atoms with Crippen molar-refractivity contribution in [1.29, 1.82) is 0 Å². The van der Waals surface area contributed by atoms with Crippen LogP contribution >= 0.6 is 0 Å². The van der Waals surface area contributed by atoms with Crippen molar-refractivity contribution in [3.63, 3.8) is 0 Å². The molecule has 2 heteroatoms. The molecule has 1 N–H and O–H groups in total. The van der Waals surface area contributed by atoms with E-state index in [0.29, 0.717) is 5.92 Å². The second-order valence-electron chi connectivity index (χ2n) is 5.50. The van der Waals surface area contributed by atoms with Crippen LogP contribution in [0, 0.1) is 6.92 Å². The highest BCUT2D eigenvalue weighted by Crippen LogP contribution is 2.28. The summed E-state index contributed by atoms with van der Waals surface area (Å²) in [5.41, 5.74) is 2.62. The maximum absolute atomic E-state index is 9.49. The van der Waals surface area contributed by atoms with Crippen molar-refractivity contribution in [3.8, 4) is 0 Å². The normalized spacial score (nSPS) is 13.9. The number of hydrogen-bond acceptors (Lipinski definition) is 1. The molecule has 1 nitrogen and oxygen atoms in total. The lowest BCUT2D eigenvalue weighted by molar-refractivity contribution is 0.272. The van der Waals surface area contributed by atoms with E-state index in [1.165, 1.54) is 11.1 Å². The van der Waals surface area contributed by atoms with Gasteiger partial charge in [0.05, 0.1) is 0 Å². The summed E-state index contributed by atoms with van der Waals surface area (Å²) in [7, 11) is -1.11. The molecule has 1 aromatic carbocycles. The SMILES string of the molecule is Cc1ccccc1C(CO)C[Si](C)(C)C. The Hall–Kier alpha value is -0.603. The number of aliphatic hydroxyl groups is 1. The zero-order valence-corrected chi connectivity index (χ0v) is 11.2. The van der Waals surface area contributed by atoms with Crippen LogP contribution in [0.2, 0.25) is 25.7 Å². The Balaban J connectivity index is 2.88. The van der Waals surface area contributed by atoms with E-state index in [9.17, 15) is 5.11 Å². The summed E-state index contributed by atoms with van der Waals surface area (Å²) >= 11 is 0. The third kappa shape index (κ3) is 3.80. The van der Waals surface area contributed by atoms with E-state index in [1.807, 2.05) is 0 Å². The third-order valence-electron chi connectivity index (χ3n) is 2.71. The van der Waals surface area contributed by atoms with Gasteiger partial charge in [-0.2, -0.15) is 0 Å². The summed E-state index contributed by atoms with van der Waals surface area (Å²) in [6.07, 6.45) is 0. The van der Waals surface area contributed by atoms with Crippen LogP contribution in [0.1, 0.15) is 17.0 Å². The van der Waals surface area contributed by atoms with Crippen LogP contribution in [0.4, 0.5) is 0 Å². The van der Waals surface area contributed by atoms with Gasteiger partial charge in [-0.05, 0) is 24.1 Å². The van der Waals surface area contributed by atoms with Crippen LogP contribution in [-0.4, -0.2) is 19.8 Å². The summed E-state index contributed by atoms with van der Waals surface area (Å²) in [5, 5.41) is 9.49. The van der Waals surface area contributed by atoms with Gasteiger partial charge in [0.25, 0.3) is 0 Å². The highest BCUT2D eigenvalue weighted by molar-refractivity contribution is 6.76. The highest BCUT2D eigenvalue weighted by Gasteiger charge is 2.21. The molecule has 0 heterocycles. The minimum Gasteiger partial charge on any atom is -0.396 e. The minimum absolute atomic E-state index is 0.273. The number of aliphatic hydroxyl groups excluding tert-OH is 1. The quantitative estimate of drug-likeness (QED) is 0.774. The van der Waals surface area contributed by atoms with Crippen molar-refractivity contribution in [1.82, 2.24) is 0 Å². The van der Waals surface area contributed by atoms with E-state index >= 15 is 0 Å². The van der Waals surface area contributed by atoms with Crippen molar-refractivity contribution in [2.24, 2.45) is 0 Å². The molecule has 1 rings (SSSR count). The maximum atomic E-state index is 9.49. The predicted molar refractivity (Wildman–Crippen MR) is 69.2 cm³/mol. The van der Waals surface area contributed by atoms with Gasteiger partial charge in [-0.25, -0.2) is 0 Å². The second kappa shape index (κ2) is 4.95. The molecule has 15 heavy (non-hydrogen) atoms. The first-order valence-electron chi connectivity index (χ1n) is 5.60. The summed E-state index contributed by atoms with van der Waals surface area (Å²) in [4.78, 5) is 0. The number of benzene rings is 1. The van der Waals surface area contributed by atoms with Gasteiger partial charge in [0.15, 0.2) is 0 Å². The molecule has 1 aromatic rings. The van der Waals surface area contributed by atoms with Gasteiger partial charge in [-0.1, -0.05) is 43.9 Å². The van der Waals surface area contributed by atoms with E-state index in [2.05, 4.69) is 50.8 Å². The number of rotatable bonds is 4. The monoisotopic (exact) mass is 222 g/mol. The molecule has 0 bridgehead atoms. The van der Waals surface area contributed by atoms with Crippen LogP contribution in [0.15, 0.2) is 24.3 Å². The largest absolute Gasteiger partial charge is 0.396 e. The first-order valence-corrected chi connectivity index (χ1v) is 9.31. The molecule has 0 aliphatic carbocycles. The first kappa shape index (κ1) is 12.5. The lowest BCUT2D eigenvalue weighted by Gasteiger charge is -2.24. The summed E-state index contributed by atoms with van der Waals surface area (Å²) in [5.74, 6) is 0.331. The molecule has 0 fully saturated rings. The Morgan fingerprint density at radius 2 is 1.80 bits per heavy atom. The van der Waals surface area contributed by atoms with Gasteiger partial charge in [0.1, 0.15) is 0 Å². The van der Waals surface area contributed by atoms with Gasteiger partial charge in [-0.3, -0.25) is 0 Å². The molecule has 1 atom stereocenters. The van der Waals surface area contributed by atoms with Gasteiger partial charge >= 0.3 is 0 Å². The zero-order valence-electron chi connectivity index (χ0n) is 10.2. The Labute approximate surface area is 94.2 Å². The predicted octanol–water partition coefficient (Wildman–Crippen LogP) is 3.41. The fourth-order valence-electron chi connectivity index (χ4n) is 2.06. The average Bonchev–Trinajstić information content (AvgIpc) is 2.14. The fraction of sp³-hybridized carbons (Fsp3) is 0.538. The van der Waals surface area contributed by atoms with E-state index in [4.69, 9.17) is 0 Å². The summed E-state index contributed by atoms with van der Waals surface area (Å²) in [6.45, 7) is 9.47. The van der Waals surface area contributed by atoms with E-state index in [0.717, 1.165) is 6.04 Å². The molecule has 0 aromatic heterocycles. The van der Waals surface area contributed by atoms with Crippen molar-refractivity contribution in [2.75, 3.05) is 6.61 Å². The Morgan fingerprint density at radius 1 is 1.20 bits per heavy atom. The second-order valence-corrected chi connectivity index (χ2v) is 11.0. The van der Waals surface area contributed by atoms with Crippen LogP contribution in [-0.2, 0) is 0 Å². The smallest absolute Gasteiger partial charge is 0.0497 e. The molecule has 0 amide bonds. The van der Waals surface area contributed by atoms with Crippen molar-refractivity contribution < 1.29 is 5.11 Å². The Morgan fingerprint density at radius 3 is 2.27 bits per heavy atom. The van der Waals surface area contributed by atoms with Gasteiger partial charge in [0.2, 0.25) is 0 Å².